The molecule has 4 heteroatoms. The van der Waals surface area contributed by atoms with Crippen molar-refractivity contribution < 1.29 is 9.12 Å². The molecule has 1 aliphatic rings. The van der Waals surface area contributed by atoms with Crippen molar-refractivity contribution >= 4 is 29.4 Å². The number of hydrogen-bond acceptors (Lipinski definition) is 1. The highest BCUT2D eigenvalue weighted by molar-refractivity contribution is 7.72. The molecule has 0 atom stereocenters. The van der Waals surface area contributed by atoms with Crippen molar-refractivity contribution in [2.45, 2.75) is 24.9 Å². The summed E-state index contributed by atoms with van der Waals surface area (Å²) in [4.78, 5) is 0. The molecule has 0 unspecified atom stereocenters. The number of fused-ring (bicyclic) bond motifs is 1. The van der Waals surface area contributed by atoms with Crippen molar-refractivity contribution in [3.05, 3.63) is 131 Å². The third-order valence-corrected chi connectivity index (χ3v) is 9.25. The normalized spacial score (nSPS) is 13.4. The van der Waals surface area contributed by atoms with Gasteiger partial charge in [-0.1, -0.05) is 84.9 Å². The van der Waals surface area contributed by atoms with Gasteiger partial charge in [0.15, 0.2) is 0 Å². The van der Waals surface area contributed by atoms with Crippen LogP contribution in [-0.4, -0.2) is 0 Å². The van der Waals surface area contributed by atoms with Crippen LogP contribution in [-0.2, 0) is 6.16 Å². The summed E-state index contributed by atoms with van der Waals surface area (Å²) in [5.41, 5.74) is 4.69. The summed E-state index contributed by atoms with van der Waals surface area (Å²) in [6.07, 6.45) is 2.82. The van der Waals surface area contributed by atoms with Crippen LogP contribution in [0.15, 0.2) is 109 Å². The Morgan fingerprint density at radius 2 is 1.31 bits per heavy atom. The van der Waals surface area contributed by atoms with Crippen molar-refractivity contribution in [1.29, 1.82) is 0 Å². The van der Waals surface area contributed by atoms with Crippen LogP contribution < -0.4 is 15.3 Å². The quantitative estimate of drug-likeness (QED) is 0.150. The molecule has 6 rings (SSSR count). The van der Waals surface area contributed by atoms with Crippen molar-refractivity contribution in [3.63, 3.8) is 0 Å². The third-order valence-electron chi connectivity index (χ3n) is 6.77. The molecule has 1 heterocycles. The zero-order chi connectivity index (χ0) is 23.8. The van der Waals surface area contributed by atoms with E-state index in [1.165, 1.54) is 27.5 Å². The first-order chi connectivity index (χ1) is 17.2. The van der Waals surface area contributed by atoms with Gasteiger partial charge < -0.3 is 5.21 Å². The monoisotopic (exact) mass is 477 g/mol. The number of aromatic nitrogens is 1. The van der Waals surface area contributed by atoms with Crippen LogP contribution in [0.25, 0.3) is 22.0 Å². The van der Waals surface area contributed by atoms with E-state index in [1.54, 1.807) is 0 Å². The molecule has 0 aliphatic heterocycles. The lowest BCUT2D eigenvalue weighted by atomic mass is 9.93. The van der Waals surface area contributed by atoms with Gasteiger partial charge in [-0.3, -0.25) is 0 Å². The first kappa shape index (κ1) is 21.9. The van der Waals surface area contributed by atoms with Gasteiger partial charge in [0.05, 0.1) is 5.39 Å². The fraction of sp³-hybridized carbons (Fsp3) is 0.129. The maximum Gasteiger partial charge on any atom is 0.224 e. The van der Waals surface area contributed by atoms with Gasteiger partial charge in [-0.05, 0) is 55.1 Å². The number of rotatable bonds is 6. The molecule has 5 aromatic rings. The van der Waals surface area contributed by atoms with Gasteiger partial charge in [0.2, 0.25) is 11.2 Å². The van der Waals surface area contributed by atoms with Crippen molar-refractivity contribution in [1.82, 2.24) is 0 Å². The SMILES string of the molecule is [O-][n+]1c(C2CC2)c(CP(c2ccccc2)c2ccccc2)c(-c2ccc(F)cc2)c2ccccc21. The van der Waals surface area contributed by atoms with E-state index in [0.717, 1.165) is 46.8 Å². The fourth-order valence-corrected chi connectivity index (χ4v) is 7.35. The van der Waals surface area contributed by atoms with Crippen LogP contribution in [0.1, 0.15) is 30.0 Å². The van der Waals surface area contributed by atoms with E-state index in [2.05, 4.69) is 48.5 Å². The number of nitrogens with zero attached hydrogens (tertiary/aromatic N) is 1. The van der Waals surface area contributed by atoms with Crippen LogP contribution >= 0.6 is 7.92 Å². The maximum atomic E-state index is 13.9. The first-order valence-corrected chi connectivity index (χ1v) is 13.5. The molecular formula is C31H25FNOP. The lowest BCUT2D eigenvalue weighted by Gasteiger charge is -2.23. The highest BCUT2D eigenvalue weighted by Crippen LogP contribution is 2.48. The molecule has 0 saturated heterocycles. The number of benzene rings is 4. The van der Waals surface area contributed by atoms with E-state index < -0.39 is 7.92 Å². The zero-order valence-electron chi connectivity index (χ0n) is 19.3. The molecule has 35 heavy (non-hydrogen) atoms. The molecule has 0 amide bonds. The second kappa shape index (κ2) is 9.24. The molecule has 0 radical (unpaired) electrons. The van der Waals surface area contributed by atoms with E-state index in [4.69, 9.17) is 0 Å². The fourth-order valence-electron chi connectivity index (χ4n) is 4.99. The second-order valence-electron chi connectivity index (χ2n) is 9.09. The Labute approximate surface area is 206 Å². The van der Waals surface area contributed by atoms with Crippen LogP contribution in [0, 0.1) is 11.0 Å². The third kappa shape index (κ3) is 4.22. The number of halogens is 1. The number of hydrogen-bond donors (Lipinski definition) is 0. The summed E-state index contributed by atoms with van der Waals surface area (Å²) >= 11 is 0. The molecule has 0 N–H and O–H groups in total. The molecule has 1 saturated carbocycles. The Morgan fingerprint density at radius 1 is 0.743 bits per heavy atom. The van der Waals surface area contributed by atoms with Crippen LogP contribution in [0.2, 0.25) is 0 Å². The molecule has 4 aromatic carbocycles. The van der Waals surface area contributed by atoms with E-state index >= 15 is 0 Å². The molecule has 0 spiro atoms. The first-order valence-electron chi connectivity index (χ1n) is 12.0. The minimum Gasteiger partial charge on any atom is -0.618 e. The van der Waals surface area contributed by atoms with E-state index in [-0.39, 0.29) is 11.7 Å². The predicted molar refractivity (Wildman–Crippen MR) is 143 cm³/mol. The minimum absolute atomic E-state index is 0.257. The lowest BCUT2D eigenvalue weighted by Crippen LogP contribution is -2.35. The van der Waals surface area contributed by atoms with Gasteiger partial charge in [0.1, 0.15) is 5.82 Å². The Balaban J connectivity index is 1.64. The standard InChI is InChI=1S/C31H25FNOP/c32-24-19-17-22(18-20-24)30-27-13-7-8-14-29(27)33(34)31(23-15-16-23)28(30)21-35(25-9-3-1-4-10-25)26-11-5-2-6-12-26/h1-14,17-20,23H,15-16,21H2. The summed E-state index contributed by atoms with van der Waals surface area (Å²) in [5, 5.41) is 17.3. The molecule has 0 bridgehead atoms. The molecular weight excluding hydrogens is 452 g/mol. The molecule has 1 fully saturated rings. The summed E-state index contributed by atoms with van der Waals surface area (Å²) in [6, 6.07) is 35.8. The van der Waals surface area contributed by atoms with Gasteiger partial charge >= 0.3 is 0 Å². The Kier molecular flexibility index (Phi) is 5.80. The zero-order valence-corrected chi connectivity index (χ0v) is 20.2. The lowest BCUT2D eigenvalue weighted by molar-refractivity contribution is -0.586. The topological polar surface area (TPSA) is 26.9 Å². The van der Waals surface area contributed by atoms with Crippen molar-refractivity contribution in [2.75, 3.05) is 0 Å². The van der Waals surface area contributed by atoms with Gasteiger partial charge in [-0.25, -0.2) is 4.39 Å². The van der Waals surface area contributed by atoms with Gasteiger partial charge in [0.25, 0.3) is 0 Å². The number of pyridine rings is 1. The Hall–Kier alpha value is -3.55. The summed E-state index contributed by atoms with van der Waals surface area (Å²) < 4.78 is 15.1. The average Bonchev–Trinajstić information content (AvgIpc) is 3.74. The Bertz CT molecular complexity index is 1440. The summed E-state index contributed by atoms with van der Waals surface area (Å²) in [5.74, 6) is 0.0161. The highest BCUT2D eigenvalue weighted by Gasteiger charge is 2.37. The predicted octanol–water partition coefficient (Wildman–Crippen LogP) is 6.79. The largest absolute Gasteiger partial charge is 0.618 e. The van der Waals surface area contributed by atoms with E-state index in [9.17, 15) is 9.60 Å². The van der Waals surface area contributed by atoms with Crippen molar-refractivity contribution in [3.8, 4) is 11.1 Å². The van der Waals surface area contributed by atoms with Crippen LogP contribution in [0.5, 0.6) is 0 Å². The van der Waals surface area contributed by atoms with Crippen LogP contribution in [0.4, 0.5) is 4.39 Å². The second-order valence-corrected chi connectivity index (χ2v) is 11.3. The van der Waals surface area contributed by atoms with Gasteiger partial charge in [-0.2, -0.15) is 4.73 Å². The molecule has 1 aliphatic carbocycles. The van der Waals surface area contributed by atoms with Gasteiger partial charge in [0, 0.05) is 29.3 Å². The van der Waals surface area contributed by atoms with Crippen molar-refractivity contribution in [2.24, 2.45) is 0 Å². The molecule has 2 nitrogen and oxygen atoms in total. The Morgan fingerprint density at radius 3 is 1.91 bits per heavy atom. The average molecular weight is 478 g/mol. The smallest absolute Gasteiger partial charge is 0.224 e. The summed E-state index contributed by atoms with van der Waals surface area (Å²) in [6.45, 7) is 0. The van der Waals surface area contributed by atoms with E-state index in [1.807, 2.05) is 48.5 Å². The van der Waals surface area contributed by atoms with Gasteiger partial charge in [-0.15, -0.1) is 0 Å². The molecule has 172 valence electrons. The minimum atomic E-state index is -0.747. The maximum absolute atomic E-state index is 13.9. The molecule has 1 aromatic heterocycles. The van der Waals surface area contributed by atoms with E-state index in [0.29, 0.717) is 5.52 Å². The number of para-hydroxylation sites is 1. The highest BCUT2D eigenvalue weighted by atomic mass is 31.1. The summed E-state index contributed by atoms with van der Waals surface area (Å²) in [7, 11) is -0.747. The van der Waals surface area contributed by atoms with Crippen LogP contribution in [0.3, 0.4) is 0 Å².